The smallest absolute Gasteiger partial charge is 0.257 e. The SMILES string of the molecule is CC(C)COc1cccc(C(=O)NC(=S)Nc2nc3ccc(F)cc3s2)c1. The quantitative estimate of drug-likeness (QED) is 0.610. The molecule has 2 aromatic carbocycles. The fourth-order valence-corrected chi connectivity index (χ4v) is 3.39. The lowest BCUT2D eigenvalue weighted by molar-refractivity contribution is 0.0977. The van der Waals surface area contributed by atoms with Crippen LogP contribution in [-0.4, -0.2) is 22.6 Å². The number of carbonyl (C=O) groups excluding carboxylic acids is 1. The number of ether oxygens (including phenoxy) is 1. The third-order valence-corrected chi connectivity index (χ3v) is 4.62. The number of hydrogen-bond acceptors (Lipinski definition) is 5. The summed E-state index contributed by atoms with van der Waals surface area (Å²) in [7, 11) is 0. The minimum Gasteiger partial charge on any atom is -0.493 e. The maximum atomic E-state index is 13.3. The number of nitrogens with zero attached hydrogens (tertiary/aromatic N) is 1. The van der Waals surface area contributed by atoms with Gasteiger partial charge in [0.1, 0.15) is 11.6 Å². The average Bonchev–Trinajstić information content (AvgIpc) is 3.01. The van der Waals surface area contributed by atoms with Crippen LogP contribution in [0.5, 0.6) is 5.75 Å². The number of rotatable bonds is 5. The molecular weight excluding hydrogens is 385 g/mol. The van der Waals surface area contributed by atoms with Crippen molar-refractivity contribution < 1.29 is 13.9 Å². The van der Waals surface area contributed by atoms with Crippen molar-refractivity contribution in [1.29, 1.82) is 0 Å². The van der Waals surface area contributed by atoms with Crippen LogP contribution in [0.4, 0.5) is 9.52 Å². The van der Waals surface area contributed by atoms with E-state index in [1.54, 1.807) is 30.3 Å². The zero-order valence-electron chi connectivity index (χ0n) is 14.8. The molecule has 1 amide bonds. The number of thiazole rings is 1. The van der Waals surface area contributed by atoms with Gasteiger partial charge in [0.25, 0.3) is 5.91 Å². The number of thiocarbonyl (C=S) groups is 1. The molecule has 27 heavy (non-hydrogen) atoms. The Labute approximate surface area is 165 Å². The van der Waals surface area contributed by atoms with Crippen LogP contribution < -0.4 is 15.4 Å². The number of hydrogen-bond donors (Lipinski definition) is 2. The third kappa shape index (κ3) is 5.21. The molecule has 0 aliphatic rings. The Balaban J connectivity index is 1.63. The van der Waals surface area contributed by atoms with Crippen molar-refractivity contribution in [2.75, 3.05) is 11.9 Å². The minimum absolute atomic E-state index is 0.119. The largest absolute Gasteiger partial charge is 0.493 e. The van der Waals surface area contributed by atoms with Gasteiger partial charge in [-0.3, -0.25) is 10.1 Å². The topological polar surface area (TPSA) is 63.2 Å². The van der Waals surface area contributed by atoms with Gasteiger partial charge in [-0.1, -0.05) is 31.3 Å². The van der Waals surface area contributed by atoms with Gasteiger partial charge in [-0.2, -0.15) is 0 Å². The molecule has 2 N–H and O–H groups in total. The summed E-state index contributed by atoms with van der Waals surface area (Å²) in [6.07, 6.45) is 0. The molecule has 0 fully saturated rings. The van der Waals surface area contributed by atoms with Crippen LogP contribution in [0.1, 0.15) is 24.2 Å². The Morgan fingerprint density at radius 3 is 2.89 bits per heavy atom. The molecule has 1 heterocycles. The summed E-state index contributed by atoms with van der Waals surface area (Å²) in [6, 6.07) is 11.2. The lowest BCUT2D eigenvalue weighted by Gasteiger charge is -2.10. The van der Waals surface area contributed by atoms with Gasteiger partial charge >= 0.3 is 0 Å². The van der Waals surface area contributed by atoms with Crippen LogP contribution in [-0.2, 0) is 0 Å². The van der Waals surface area contributed by atoms with Gasteiger partial charge in [0.2, 0.25) is 0 Å². The molecule has 0 atom stereocenters. The van der Waals surface area contributed by atoms with Gasteiger partial charge in [-0.15, -0.1) is 0 Å². The van der Waals surface area contributed by atoms with E-state index >= 15 is 0 Å². The van der Waals surface area contributed by atoms with Crippen LogP contribution >= 0.6 is 23.6 Å². The number of anilines is 1. The first-order valence-corrected chi connectivity index (χ1v) is 9.54. The van der Waals surface area contributed by atoms with Gasteiger partial charge in [0.15, 0.2) is 10.2 Å². The summed E-state index contributed by atoms with van der Waals surface area (Å²) >= 11 is 6.43. The second kappa shape index (κ2) is 8.41. The predicted octanol–water partition coefficient (Wildman–Crippen LogP) is 4.60. The monoisotopic (exact) mass is 403 g/mol. The molecule has 3 aromatic rings. The van der Waals surface area contributed by atoms with Crippen molar-refractivity contribution in [2.45, 2.75) is 13.8 Å². The molecular formula is C19H18FN3O2S2. The second-order valence-electron chi connectivity index (χ2n) is 6.27. The Hall–Kier alpha value is -2.58. The summed E-state index contributed by atoms with van der Waals surface area (Å²) in [5.74, 6) is 0.341. The molecule has 0 bridgehead atoms. The Kier molecular flexibility index (Phi) is 5.98. The first kappa shape index (κ1) is 19.2. The van der Waals surface area contributed by atoms with Crippen molar-refractivity contribution in [2.24, 2.45) is 5.92 Å². The van der Waals surface area contributed by atoms with E-state index in [9.17, 15) is 9.18 Å². The van der Waals surface area contributed by atoms with E-state index in [2.05, 4.69) is 29.5 Å². The summed E-state index contributed by atoms with van der Waals surface area (Å²) < 4.78 is 19.6. The van der Waals surface area contributed by atoms with Crippen molar-refractivity contribution in [3.63, 3.8) is 0 Å². The van der Waals surface area contributed by atoms with Crippen molar-refractivity contribution >= 4 is 49.9 Å². The highest BCUT2D eigenvalue weighted by Crippen LogP contribution is 2.26. The lowest BCUT2D eigenvalue weighted by Crippen LogP contribution is -2.34. The summed E-state index contributed by atoms with van der Waals surface area (Å²) in [5.41, 5.74) is 1.10. The highest BCUT2D eigenvalue weighted by molar-refractivity contribution is 7.80. The van der Waals surface area contributed by atoms with Gasteiger partial charge in [0, 0.05) is 5.56 Å². The number of nitrogens with one attached hydrogen (secondary N) is 2. The molecule has 3 rings (SSSR count). The summed E-state index contributed by atoms with van der Waals surface area (Å²) in [6.45, 7) is 4.68. The molecule has 1 aromatic heterocycles. The Morgan fingerprint density at radius 1 is 1.30 bits per heavy atom. The molecule has 0 unspecified atom stereocenters. The highest BCUT2D eigenvalue weighted by atomic mass is 32.1. The first-order chi connectivity index (χ1) is 12.9. The number of benzene rings is 2. The standard InChI is InChI=1S/C19H18FN3O2S2/c1-11(2)10-25-14-5-3-4-12(8-14)17(24)22-18(26)23-19-21-15-7-6-13(20)9-16(15)27-19/h3-9,11H,10H2,1-2H3,(H2,21,22,23,24,26). The molecule has 8 heteroatoms. The maximum Gasteiger partial charge on any atom is 0.257 e. The number of carbonyl (C=O) groups is 1. The molecule has 0 saturated heterocycles. The fraction of sp³-hybridized carbons (Fsp3) is 0.211. The van der Waals surface area contributed by atoms with Crippen LogP contribution in [0.25, 0.3) is 10.2 Å². The molecule has 0 aliphatic carbocycles. The Bertz CT molecular complexity index is 988. The van der Waals surface area contributed by atoms with Gasteiger partial charge in [-0.05, 0) is 54.5 Å². The number of fused-ring (bicyclic) bond motifs is 1. The van der Waals surface area contributed by atoms with Crippen LogP contribution in [0, 0.1) is 11.7 Å². The molecule has 5 nitrogen and oxygen atoms in total. The van der Waals surface area contributed by atoms with Crippen molar-refractivity contribution in [3.8, 4) is 5.75 Å². The van der Waals surface area contributed by atoms with E-state index in [0.29, 0.717) is 39.2 Å². The zero-order valence-corrected chi connectivity index (χ0v) is 16.4. The van der Waals surface area contributed by atoms with E-state index in [-0.39, 0.29) is 16.8 Å². The molecule has 0 saturated carbocycles. The van der Waals surface area contributed by atoms with E-state index in [4.69, 9.17) is 17.0 Å². The maximum absolute atomic E-state index is 13.3. The van der Waals surface area contributed by atoms with Crippen LogP contribution in [0.2, 0.25) is 0 Å². The van der Waals surface area contributed by atoms with E-state index in [1.807, 2.05) is 0 Å². The number of aromatic nitrogens is 1. The second-order valence-corrected chi connectivity index (χ2v) is 7.71. The molecule has 140 valence electrons. The lowest BCUT2D eigenvalue weighted by atomic mass is 10.2. The third-order valence-electron chi connectivity index (χ3n) is 3.48. The first-order valence-electron chi connectivity index (χ1n) is 8.32. The van der Waals surface area contributed by atoms with E-state index in [1.165, 1.54) is 23.5 Å². The van der Waals surface area contributed by atoms with Crippen molar-refractivity contribution in [3.05, 3.63) is 53.8 Å². The fourth-order valence-electron chi connectivity index (χ4n) is 2.25. The number of halogens is 1. The van der Waals surface area contributed by atoms with Gasteiger partial charge in [0.05, 0.1) is 16.8 Å². The molecule has 0 spiro atoms. The van der Waals surface area contributed by atoms with Crippen LogP contribution in [0.15, 0.2) is 42.5 Å². The highest BCUT2D eigenvalue weighted by Gasteiger charge is 2.11. The zero-order chi connectivity index (χ0) is 19.4. The van der Waals surface area contributed by atoms with Crippen molar-refractivity contribution in [1.82, 2.24) is 10.3 Å². The average molecular weight is 404 g/mol. The summed E-state index contributed by atoms with van der Waals surface area (Å²) in [4.78, 5) is 16.7. The predicted molar refractivity (Wildman–Crippen MR) is 110 cm³/mol. The minimum atomic E-state index is -0.352. The molecule has 0 radical (unpaired) electrons. The number of amides is 1. The molecule has 0 aliphatic heterocycles. The van der Waals surface area contributed by atoms with Gasteiger partial charge in [-0.25, -0.2) is 9.37 Å². The summed E-state index contributed by atoms with van der Waals surface area (Å²) in [5, 5.41) is 6.07. The van der Waals surface area contributed by atoms with E-state index < -0.39 is 0 Å². The normalized spacial score (nSPS) is 10.8. The van der Waals surface area contributed by atoms with Gasteiger partial charge < -0.3 is 10.1 Å². The Morgan fingerprint density at radius 2 is 2.11 bits per heavy atom. The van der Waals surface area contributed by atoms with Crippen LogP contribution in [0.3, 0.4) is 0 Å². The van der Waals surface area contributed by atoms with E-state index in [0.717, 1.165) is 0 Å².